The van der Waals surface area contributed by atoms with Gasteiger partial charge in [0.1, 0.15) is 24.4 Å². The molecule has 14 heavy (non-hydrogen) atoms. The van der Waals surface area contributed by atoms with Crippen molar-refractivity contribution in [2.75, 3.05) is 20.8 Å². The van der Waals surface area contributed by atoms with Crippen LogP contribution >= 0.6 is 0 Å². The highest BCUT2D eigenvalue weighted by Crippen LogP contribution is 2.25. The molecule has 0 spiro atoms. The third-order valence-electron chi connectivity index (χ3n) is 2.37. The second kappa shape index (κ2) is 5.01. The summed E-state index contributed by atoms with van der Waals surface area (Å²) in [6.07, 6.45) is -4.39. The van der Waals surface area contributed by atoms with Gasteiger partial charge in [-0.25, -0.2) is 0 Å². The minimum absolute atomic E-state index is 0.263. The maximum atomic E-state index is 9.43. The maximum Gasteiger partial charge on any atom is 0.184 e. The van der Waals surface area contributed by atoms with E-state index in [1.807, 2.05) is 0 Å². The molecule has 0 saturated carbocycles. The molecule has 3 N–H and O–H groups in total. The molecule has 0 radical (unpaired) electrons. The Bertz CT molecular complexity index is 171. The molecular formula is C8H16O6. The van der Waals surface area contributed by atoms with Crippen LogP contribution in [0.1, 0.15) is 0 Å². The minimum Gasteiger partial charge on any atom is -0.394 e. The third-order valence-corrected chi connectivity index (χ3v) is 2.37. The van der Waals surface area contributed by atoms with E-state index < -0.39 is 30.7 Å². The highest BCUT2D eigenvalue weighted by molar-refractivity contribution is 4.91. The fourth-order valence-corrected chi connectivity index (χ4v) is 1.56. The van der Waals surface area contributed by atoms with E-state index in [1.165, 1.54) is 14.2 Å². The Kier molecular flexibility index (Phi) is 4.24. The van der Waals surface area contributed by atoms with Crippen LogP contribution < -0.4 is 0 Å². The molecule has 1 fully saturated rings. The molecule has 6 heteroatoms. The number of hydrogen-bond acceptors (Lipinski definition) is 6. The molecule has 1 unspecified atom stereocenters. The lowest BCUT2D eigenvalue weighted by Gasteiger charge is -2.24. The van der Waals surface area contributed by atoms with Crippen LogP contribution in [0.2, 0.25) is 0 Å². The molecular weight excluding hydrogens is 192 g/mol. The van der Waals surface area contributed by atoms with Gasteiger partial charge in [-0.15, -0.1) is 0 Å². The van der Waals surface area contributed by atoms with Gasteiger partial charge in [-0.2, -0.15) is 0 Å². The smallest absolute Gasteiger partial charge is 0.184 e. The number of ether oxygens (including phenoxy) is 3. The van der Waals surface area contributed by atoms with Crippen LogP contribution in [0.4, 0.5) is 0 Å². The van der Waals surface area contributed by atoms with Crippen molar-refractivity contribution >= 4 is 0 Å². The van der Waals surface area contributed by atoms with Gasteiger partial charge in [-0.05, 0) is 0 Å². The van der Waals surface area contributed by atoms with Gasteiger partial charge in [0.25, 0.3) is 0 Å². The van der Waals surface area contributed by atoms with E-state index in [-0.39, 0.29) is 6.61 Å². The van der Waals surface area contributed by atoms with Gasteiger partial charge < -0.3 is 29.5 Å². The van der Waals surface area contributed by atoms with Crippen LogP contribution in [0.15, 0.2) is 0 Å². The second-order valence-corrected chi connectivity index (χ2v) is 3.14. The van der Waals surface area contributed by atoms with E-state index in [4.69, 9.17) is 19.3 Å². The molecule has 0 aromatic heterocycles. The highest BCUT2D eigenvalue weighted by Gasteiger charge is 2.46. The SMILES string of the molecule is CO[C@H]1[C@@H]([C@@H](CO)OC)OC(O)[C@@H]1O. The molecule has 1 saturated heterocycles. The van der Waals surface area contributed by atoms with E-state index in [2.05, 4.69) is 0 Å². The van der Waals surface area contributed by atoms with E-state index in [1.54, 1.807) is 0 Å². The predicted octanol–water partition coefficient (Wildman–Crippen LogP) is -1.91. The Labute approximate surface area is 82.0 Å². The first-order chi connectivity index (χ1) is 6.65. The quantitative estimate of drug-likeness (QED) is 0.499. The van der Waals surface area contributed by atoms with Crippen molar-refractivity contribution < 1.29 is 29.5 Å². The van der Waals surface area contributed by atoms with Gasteiger partial charge in [-0.1, -0.05) is 0 Å². The molecule has 84 valence electrons. The van der Waals surface area contributed by atoms with Crippen molar-refractivity contribution in [1.82, 2.24) is 0 Å². The summed E-state index contributed by atoms with van der Waals surface area (Å²) in [6, 6.07) is 0. The number of aliphatic hydroxyl groups excluding tert-OH is 3. The van der Waals surface area contributed by atoms with Crippen molar-refractivity contribution in [3.8, 4) is 0 Å². The summed E-state index contributed by atoms with van der Waals surface area (Å²) < 4.78 is 14.9. The third kappa shape index (κ3) is 2.05. The number of rotatable bonds is 4. The molecule has 6 nitrogen and oxygen atoms in total. The van der Waals surface area contributed by atoms with Crippen LogP contribution in [0, 0.1) is 0 Å². The first kappa shape index (κ1) is 11.8. The Morgan fingerprint density at radius 2 is 2.00 bits per heavy atom. The number of aliphatic hydroxyl groups is 3. The van der Waals surface area contributed by atoms with Crippen LogP contribution in [0.3, 0.4) is 0 Å². The summed E-state index contributed by atoms with van der Waals surface area (Å²) in [7, 11) is 2.81. The van der Waals surface area contributed by atoms with E-state index in [9.17, 15) is 10.2 Å². The Hall–Kier alpha value is -0.240. The molecule has 0 aromatic carbocycles. The molecule has 0 bridgehead atoms. The fraction of sp³-hybridized carbons (Fsp3) is 1.00. The standard InChI is InChI=1S/C8H16O6/c1-12-4(3-9)6-7(13-2)5(10)8(11)14-6/h4-11H,3H2,1-2H3/t4-,5-,6-,7-,8?/m1/s1. The van der Waals surface area contributed by atoms with Gasteiger partial charge in [0.15, 0.2) is 6.29 Å². The summed E-state index contributed by atoms with van der Waals surface area (Å²) in [4.78, 5) is 0. The molecule has 0 aromatic rings. The Morgan fingerprint density at radius 1 is 1.36 bits per heavy atom. The first-order valence-electron chi connectivity index (χ1n) is 4.33. The lowest BCUT2D eigenvalue weighted by atomic mass is 10.1. The topological polar surface area (TPSA) is 88.4 Å². The molecule has 5 atom stereocenters. The normalized spacial score (nSPS) is 40.1. The summed E-state index contributed by atoms with van der Waals surface area (Å²) >= 11 is 0. The second-order valence-electron chi connectivity index (χ2n) is 3.14. The lowest BCUT2D eigenvalue weighted by molar-refractivity contribution is -0.156. The zero-order chi connectivity index (χ0) is 10.7. The summed E-state index contributed by atoms with van der Waals surface area (Å²) in [5.74, 6) is 0. The van der Waals surface area contributed by atoms with Gasteiger partial charge in [0.2, 0.25) is 0 Å². The average Bonchev–Trinajstić information content (AvgIpc) is 2.45. The summed E-state index contributed by atoms with van der Waals surface area (Å²) in [5.41, 5.74) is 0. The monoisotopic (exact) mass is 208 g/mol. The fourth-order valence-electron chi connectivity index (χ4n) is 1.56. The van der Waals surface area contributed by atoms with Crippen molar-refractivity contribution in [3.05, 3.63) is 0 Å². The average molecular weight is 208 g/mol. The van der Waals surface area contributed by atoms with Gasteiger partial charge in [0.05, 0.1) is 6.61 Å². The number of hydrogen-bond donors (Lipinski definition) is 3. The zero-order valence-electron chi connectivity index (χ0n) is 8.16. The molecule has 0 aliphatic carbocycles. The Morgan fingerprint density at radius 3 is 2.43 bits per heavy atom. The molecule has 1 aliphatic rings. The predicted molar refractivity (Wildman–Crippen MR) is 45.6 cm³/mol. The van der Waals surface area contributed by atoms with Crippen molar-refractivity contribution in [1.29, 1.82) is 0 Å². The molecule has 1 aliphatic heterocycles. The summed E-state index contributed by atoms with van der Waals surface area (Å²) in [5, 5.41) is 27.6. The van der Waals surface area contributed by atoms with E-state index in [0.29, 0.717) is 0 Å². The molecule has 1 rings (SSSR count). The molecule has 0 amide bonds. The number of methoxy groups -OCH3 is 2. The highest BCUT2D eigenvalue weighted by atomic mass is 16.7. The van der Waals surface area contributed by atoms with Gasteiger partial charge in [0, 0.05) is 14.2 Å². The maximum absolute atomic E-state index is 9.43. The van der Waals surface area contributed by atoms with Crippen LogP contribution in [-0.2, 0) is 14.2 Å². The van der Waals surface area contributed by atoms with Gasteiger partial charge >= 0.3 is 0 Å². The minimum atomic E-state index is -1.30. The van der Waals surface area contributed by atoms with Crippen LogP contribution in [0.5, 0.6) is 0 Å². The van der Waals surface area contributed by atoms with E-state index >= 15 is 0 Å². The van der Waals surface area contributed by atoms with Crippen molar-refractivity contribution in [2.24, 2.45) is 0 Å². The first-order valence-corrected chi connectivity index (χ1v) is 4.33. The van der Waals surface area contributed by atoms with Crippen molar-refractivity contribution in [2.45, 2.75) is 30.7 Å². The van der Waals surface area contributed by atoms with Gasteiger partial charge in [-0.3, -0.25) is 0 Å². The van der Waals surface area contributed by atoms with Crippen molar-refractivity contribution in [3.63, 3.8) is 0 Å². The Balaban J connectivity index is 2.68. The van der Waals surface area contributed by atoms with E-state index in [0.717, 1.165) is 0 Å². The zero-order valence-corrected chi connectivity index (χ0v) is 8.16. The summed E-state index contributed by atoms with van der Waals surface area (Å²) in [6.45, 7) is -0.263. The van der Waals surface area contributed by atoms with Crippen LogP contribution in [0.25, 0.3) is 0 Å². The molecule has 1 heterocycles. The largest absolute Gasteiger partial charge is 0.394 e. The van der Waals surface area contributed by atoms with Crippen LogP contribution in [-0.4, -0.2) is 66.9 Å². The lowest BCUT2D eigenvalue weighted by Crippen LogP contribution is -2.42.